The second-order valence-corrected chi connectivity index (χ2v) is 6.25. The van der Waals surface area contributed by atoms with Crippen LogP contribution >= 0.6 is 0 Å². The second-order valence-electron chi connectivity index (χ2n) is 4.24. The Morgan fingerprint density at radius 3 is 2.53 bits per heavy atom. The Hall–Kier alpha value is -1.25. The maximum Gasteiger partial charge on any atom is 0.245 e. The third-order valence-electron chi connectivity index (χ3n) is 2.64. The van der Waals surface area contributed by atoms with E-state index in [9.17, 15) is 17.2 Å². The SMILES string of the molecule is CC(O)CCN(C)S(=O)(=O)c1ccc(F)c(N)c1F. The van der Waals surface area contributed by atoms with Crippen molar-refractivity contribution in [3.8, 4) is 0 Å². The summed E-state index contributed by atoms with van der Waals surface area (Å²) in [4.78, 5) is -0.681. The summed E-state index contributed by atoms with van der Waals surface area (Å²) in [6.45, 7) is 1.52. The molecule has 0 aliphatic heterocycles. The zero-order valence-corrected chi connectivity index (χ0v) is 11.4. The average Bonchev–Trinajstić information content (AvgIpc) is 2.32. The lowest BCUT2D eigenvalue weighted by Gasteiger charge is -2.18. The number of benzene rings is 1. The Morgan fingerprint density at radius 1 is 1.42 bits per heavy atom. The van der Waals surface area contributed by atoms with Crippen LogP contribution in [0.4, 0.5) is 14.5 Å². The van der Waals surface area contributed by atoms with Crippen molar-refractivity contribution < 1.29 is 22.3 Å². The van der Waals surface area contributed by atoms with Crippen LogP contribution < -0.4 is 5.73 Å². The van der Waals surface area contributed by atoms with Gasteiger partial charge in [0.25, 0.3) is 0 Å². The first-order valence-corrected chi connectivity index (χ1v) is 6.99. The van der Waals surface area contributed by atoms with Crippen molar-refractivity contribution in [3.05, 3.63) is 23.8 Å². The molecule has 1 rings (SSSR count). The minimum absolute atomic E-state index is 0.0106. The zero-order valence-electron chi connectivity index (χ0n) is 10.6. The zero-order chi connectivity index (χ0) is 14.8. The fraction of sp³-hybridized carbons (Fsp3) is 0.455. The Balaban J connectivity index is 3.10. The van der Waals surface area contributed by atoms with Gasteiger partial charge in [-0.2, -0.15) is 0 Å². The molecule has 5 nitrogen and oxygen atoms in total. The molecule has 0 spiro atoms. The highest BCUT2D eigenvalue weighted by Crippen LogP contribution is 2.25. The third-order valence-corrected chi connectivity index (χ3v) is 4.52. The van der Waals surface area contributed by atoms with Crippen molar-refractivity contribution in [2.24, 2.45) is 0 Å². The topological polar surface area (TPSA) is 83.6 Å². The first-order chi connectivity index (χ1) is 8.67. The van der Waals surface area contributed by atoms with Crippen LogP contribution in [0.3, 0.4) is 0 Å². The normalized spacial score (nSPS) is 13.8. The summed E-state index contributed by atoms with van der Waals surface area (Å²) in [5.41, 5.74) is 4.30. The lowest BCUT2D eigenvalue weighted by Crippen LogP contribution is -2.30. The van der Waals surface area contributed by atoms with E-state index < -0.39 is 38.3 Å². The molecular weight excluding hydrogens is 278 g/mol. The Morgan fingerprint density at radius 2 is 2.00 bits per heavy atom. The maximum absolute atomic E-state index is 13.7. The van der Waals surface area contributed by atoms with Crippen molar-refractivity contribution >= 4 is 15.7 Å². The van der Waals surface area contributed by atoms with E-state index in [1.807, 2.05) is 0 Å². The number of sulfonamides is 1. The Bertz CT molecular complexity index is 561. The van der Waals surface area contributed by atoms with Gasteiger partial charge >= 0.3 is 0 Å². The molecular formula is C11H16F2N2O3S. The molecule has 0 aromatic heterocycles. The van der Waals surface area contributed by atoms with Crippen LogP contribution in [0.5, 0.6) is 0 Å². The number of aliphatic hydroxyl groups is 1. The molecule has 0 aliphatic carbocycles. The summed E-state index contributed by atoms with van der Waals surface area (Å²) in [5.74, 6) is -2.31. The molecule has 0 amide bonds. The summed E-state index contributed by atoms with van der Waals surface area (Å²) in [6, 6.07) is 1.63. The highest BCUT2D eigenvalue weighted by molar-refractivity contribution is 7.89. The number of anilines is 1. The summed E-state index contributed by atoms with van der Waals surface area (Å²) in [5, 5.41) is 9.11. The van der Waals surface area contributed by atoms with Crippen LogP contribution in [0.15, 0.2) is 17.0 Å². The van der Waals surface area contributed by atoms with Gasteiger partial charge in [0.05, 0.1) is 6.10 Å². The van der Waals surface area contributed by atoms with Crippen molar-refractivity contribution in [1.29, 1.82) is 0 Å². The highest BCUT2D eigenvalue weighted by Gasteiger charge is 2.26. The van der Waals surface area contributed by atoms with E-state index in [-0.39, 0.29) is 13.0 Å². The number of halogens is 2. The van der Waals surface area contributed by atoms with Gasteiger partial charge in [-0.15, -0.1) is 0 Å². The van der Waals surface area contributed by atoms with Gasteiger partial charge in [0.1, 0.15) is 16.4 Å². The van der Waals surface area contributed by atoms with Crippen LogP contribution in [0, 0.1) is 11.6 Å². The van der Waals surface area contributed by atoms with Crippen molar-refractivity contribution in [2.45, 2.75) is 24.3 Å². The van der Waals surface area contributed by atoms with E-state index in [1.54, 1.807) is 0 Å². The number of aliphatic hydroxyl groups excluding tert-OH is 1. The first kappa shape index (κ1) is 15.8. The molecule has 1 atom stereocenters. The van der Waals surface area contributed by atoms with Gasteiger partial charge in [-0.05, 0) is 25.5 Å². The minimum atomic E-state index is -4.10. The van der Waals surface area contributed by atoms with Crippen LogP contribution in [0.2, 0.25) is 0 Å². The van der Waals surface area contributed by atoms with Crippen LogP contribution in [0.1, 0.15) is 13.3 Å². The first-order valence-electron chi connectivity index (χ1n) is 5.55. The van der Waals surface area contributed by atoms with Crippen LogP contribution in [0.25, 0.3) is 0 Å². The summed E-state index contributed by atoms with van der Waals surface area (Å²) in [6.07, 6.45) is -0.477. The predicted octanol–water partition coefficient (Wildman–Crippen LogP) is 0.938. The summed E-state index contributed by atoms with van der Waals surface area (Å²) >= 11 is 0. The number of nitrogens with zero attached hydrogens (tertiary/aromatic N) is 1. The lowest BCUT2D eigenvalue weighted by atomic mass is 10.3. The minimum Gasteiger partial charge on any atom is -0.394 e. The molecule has 1 unspecified atom stereocenters. The molecule has 0 fully saturated rings. The van der Waals surface area contributed by atoms with E-state index in [2.05, 4.69) is 0 Å². The van der Waals surface area contributed by atoms with Gasteiger partial charge in [-0.25, -0.2) is 21.5 Å². The highest BCUT2D eigenvalue weighted by atomic mass is 32.2. The van der Waals surface area contributed by atoms with Crippen molar-refractivity contribution in [2.75, 3.05) is 19.3 Å². The van der Waals surface area contributed by atoms with Gasteiger partial charge in [0.15, 0.2) is 5.82 Å². The fourth-order valence-electron chi connectivity index (χ4n) is 1.41. The molecule has 19 heavy (non-hydrogen) atoms. The Labute approximate surface area is 110 Å². The van der Waals surface area contributed by atoms with Gasteiger partial charge in [-0.3, -0.25) is 0 Å². The quantitative estimate of drug-likeness (QED) is 0.792. The average molecular weight is 294 g/mol. The number of hydrogen-bond donors (Lipinski definition) is 2. The summed E-state index contributed by atoms with van der Waals surface area (Å²) in [7, 11) is -2.86. The lowest BCUT2D eigenvalue weighted by molar-refractivity contribution is 0.177. The molecule has 0 saturated carbocycles. The van der Waals surface area contributed by atoms with E-state index in [0.29, 0.717) is 0 Å². The molecule has 0 heterocycles. The molecule has 1 aromatic carbocycles. The van der Waals surface area contributed by atoms with Crippen molar-refractivity contribution in [1.82, 2.24) is 4.31 Å². The van der Waals surface area contributed by atoms with Gasteiger partial charge in [0, 0.05) is 13.6 Å². The number of hydrogen-bond acceptors (Lipinski definition) is 4. The summed E-state index contributed by atoms with van der Waals surface area (Å²) < 4.78 is 51.7. The maximum atomic E-state index is 13.7. The molecule has 8 heteroatoms. The molecule has 0 radical (unpaired) electrons. The number of nitrogen functional groups attached to an aromatic ring is 1. The van der Waals surface area contributed by atoms with Crippen LogP contribution in [-0.4, -0.2) is 37.5 Å². The molecule has 108 valence electrons. The van der Waals surface area contributed by atoms with E-state index in [0.717, 1.165) is 16.4 Å². The molecule has 1 aromatic rings. The number of rotatable bonds is 5. The Kier molecular flexibility index (Phi) is 4.83. The van der Waals surface area contributed by atoms with Gasteiger partial charge in [-0.1, -0.05) is 0 Å². The van der Waals surface area contributed by atoms with E-state index in [1.165, 1.54) is 14.0 Å². The standard InChI is InChI=1S/C11H16F2N2O3S/c1-7(16)5-6-15(2)19(17,18)9-4-3-8(12)11(14)10(9)13/h3-4,7,16H,5-6,14H2,1-2H3. The van der Waals surface area contributed by atoms with E-state index in [4.69, 9.17) is 10.8 Å². The van der Waals surface area contributed by atoms with Crippen LogP contribution in [-0.2, 0) is 10.0 Å². The predicted molar refractivity (Wildman–Crippen MR) is 66.9 cm³/mol. The molecule has 0 aliphatic rings. The molecule has 3 N–H and O–H groups in total. The third kappa shape index (κ3) is 3.40. The largest absolute Gasteiger partial charge is 0.394 e. The van der Waals surface area contributed by atoms with Gasteiger partial charge < -0.3 is 10.8 Å². The molecule has 0 saturated heterocycles. The fourth-order valence-corrected chi connectivity index (χ4v) is 2.66. The molecule has 0 bridgehead atoms. The monoisotopic (exact) mass is 294 g/mol. The number of nitrogens with two attached hydrogens (primary N) is 1. The van der Waals surface area contributed by atoms with Crippen molar-refractivity contribution in [3.63, 3.8) is 0 Å². The second kappa shape index (κ2) is 5.81. The smallest absolute Gasteiger partial charge is 0.245 e. The van der Waals surface area contributed by atoms with E-state index >= 15 is 0 Å². The van der Waals surface area contributed by atoms with Gasteiger partial charge in [0.2, 0.25) is 10.0 Å².